The van der Waals surface area contributed by atoms with Crippen molar-refractivity contribution < 1.29 is 0 Å². The van der Waals surface area contributed by atoms with Crippen LogP contribution in [0.3, 0.4) is 0 Å². The molecule has 0 spiro atoms. The molecule has 0 aliphatic heterocycles. The van der Waals surface area contributed by atoms with E-state index in [4.69, 9.17) is 5.73 Å². The second kappa shape index (κ2) is 7.40. The average Bonchev–Trinajstić information content (AvgIpc) is 2.62. The van der Waals surface area contributed by atoms with E-state index in [-0.39, 0.29) is 6.04 Å². The first-order chi connectivity index (χ1) is 11.3. The van der Waals surface area contributed by atoms with Gasteiger partial charge in [0.2, 0.25) is 0 Å². The van der Waals surface area contributed by atoms with Gasteiger partial charge in [-0.25, -0.2) is 0 Å². The van der Waals surface area contributed by atoms with Crippen LogP contribution in [-0.2, 0) is 6.54 Å². The van der Waals surface area contributed by atoms with Gasteiger partial charge in [0.05, 0.1) is 0 Å². The Morgan fingerprint density at radius 3 is 2.30 bits per heavy atom. The molecule has 23 heavy (non-hydrogen) atoms. The van der Waals surface area contributed by atoms with Crippen molar-refractivity contribution in [2.24, 2.45) is 5.73 Å². The lowest BCUT2D eigenvalue weighted by Crippen LogP contribution is -2.33. The van der Waals surface area contributed by atoms with Gasteiger partial charge in [-0.1, -0.05) is 79.7 Å². The zero-order chi connectivity index (χ0) is 16.1. The average molecular weight is 304 g/mol. The van der Waals surface area contributed by atoms with Gasteiger partial charge in [-0.15, -0.1) is 0 Å². The van der Waals surface area contributed by atoms with Gasteiger partial charge in [0.1, 0.15) is 0 Å². The van der Waals surface area contributed by atoms with Crippen molar-refractivity contribution in [1.29, 1.82) is 0 Å². The summed E-state index contributed by atoms with van der Waals surface area (Å²) in [7, 11) is 0. The monoisotopic (exact) mass is 304 g/mol. The van der Waals surface area contributed by atoms with Crippen LogP contribution in [0, 0.1) is 0 Å². The van der Waals surface area contributed by atoms with Crippen molar-refractivity contribution in [3.63, 3.8) is 0 Å². The van der Waals surface area contributed by atoms with E-state index in [9.17, 15) is 0 Å². The maximum absolute atomic E-state index is 6.18. The molecular formula is C21H24N2. The molecule has 2 nitrogen and oxygen atoms in total. The normalized spacial score (nSPS) is 12.7. The maximum Gasteiger partial charge on any atom is 0.0480 e. The molecule has 0 heterocycles. The second-order valence-electron chi connectivity index (χ2n) is 5.87. The molecule has 3 aromatic carbocycles. The smallest absolute Gasteiger partial charge is 0.0480 e. The van der Waals surface area contributed by atoms with Crippen molar-refractivity contribution in [3.8, 4) is 0 Å². The Labute approximate surface area is 138 Å². The summed E-state index contributed by atoms with van der Waals surface area (Å²) < 4.78 is 0. The van der Waals surface area contributed by atoms with Crippen LogP contribution in [-0.4, -0.2) is 18.0 Å². The zero-order valence-electron chi connectivity index (χ0n) is 13.7. The summed E-state index contributed by atoms with van der Waals surface area (Å²) in [5.41, 5.74) is 8.83. The first kappa shape index (κ1) is 15.7. The van der Waals surface area contributed by atoms with Gasteiger partial charge < -0.3 is 5.73 Å². The van der Waals surface area contributed by atoms with Crippen LogP contribution in [0.5, 0.6) is 0 Å². The van der Waals surface area contributed by atoms with E-state index in [1.807, 2.05) is 0 Å². The van der Waals surface area contributed by atoms with Crippen LogP contribution in [0.4, 0.5) is 0 Å². The molecule has 2 N–H and O–H groups in total. The second-order valence-corrected chi connectivity index (χ2v) is 5.87. The maximum atomic E-state index is 6.18. The molecule has 1 unspecified atom stereocenters. The third-order valence-corrected chi connectivity index (χ3v) is 4.48. The summed E-state index contributed by atoms with van der Waals surface area (Å²) in [6.07, 6.45) is 0. The highest BCUT2D eigenvalue weighted by Crippen LogP contribution is 2.28. The van der Waals surface area contributed by atoms with Crippen LogP contribution in [0.15, 0.2) is 72.8 Å². The van der Waals surface area contributed by atoms with Gasteiger partial charge in [-0.05, 0) is 28.4 Å². The summed E-state index contributed by atoms with van der Waals surface area (Å²) in [6, 6.07) is 25.9. The summed E-state index contributed by atoms with van der Waals surface area (Å²) in [4.78, 5) is 2.46. The molecule has 0 aliphatic rings. The molecule has 0 radical (unpaired) electrons. The van der Waals surface area contributed by atoms with Gasteiger partial charge in [0.25, 0.3) is 0 Å². The summed E-state index contributed by atoms with van der Waals surface area (Å²) in [5.74, 6) is 0. The molecule has 0 aromatic heterocycles. The minimum absolute atomic E-state index is 0.228. The minimum Gasteiger partial charge on any atom is -0.329 e. The number of rotatable bonds is 6. The third-order valence-electron chi connectivity index (χ3n) is 4.48. The zero-order valence-corrected chi connectivity index (χ0v) is 13.7. The van der Waals surface area contributed by atoms with Crippen molar-refractivity contribution in [3.05, 3.63) is 83.9 Å². The number of nitrogens with two attached hydrogens (primary N) is 1. The van der Waals surface area contributed by atoms with E-state index >= 15 is 0 Å². The lowest BCUT2D eigenvalue weighted by molar-refractivity contribution is 0.204. The molecule has 0 amide bonds. The third kappa shape index (κ3) is 3.44. The molecular weight excluding hydrogens is 280 g/mol. The van der Waals surface area contributed by atoms with Gasteiger partial charge in [0.15, 0.2) is 0 Å². The Kier molecular flexibility index (Phi) is 5.06. The number of hydrogen-bond acceptors (Lipinski definition) is 2. The molecule has 0 saturated carbocycles. The lowest BCUT2D eigenvalue weighted by atomic mass is 9.97. The highest BCUT2D eigenvalue weighted by molar-refractivity contribution is 5.86. The molecule has 3 aromatic rings. The van der Waals surface area contributed by atoms with Crippen molar-refractivity contribution >= 4 is 10.8 Å². The Morgan fingerprint density at radius 2 is 1.57 bits per heavy atom. The van der Waals surface area contributed by atoms with E-state index in [1.54, 1.807) is 0 Å². The van der Waals surface area contributed by atoms with E-state index in [1.165, 1.54) is 21.9 Å². The standard InChI is InChI=1S/C21H24N2/c1-2-23(16-17-9-4-3-5-10-17)21(15-22)20-14-8-12-18-11-6-7-13-19(18)20/h3-14,21H,2,15-16,22H2,1H3. The predicted octanol–water partition coefficient (Wildman–Crippen LogP) is 4.36. The lowest BCUT2D eigenvalue weighted by Gasteiger charge is -2.31. The van der Waals surface area contributed by atoms with Crippen LogP contribution >= 0.6 is 0 Å². The SMILES string of the molecule is CCN(Cc1ccccc1)C(CN)c1cccc2ccccc12. The molecule has 3 rings (SSSR count). The van der Waals surface area contributed by atoms with Crippen LogP contribution < -0.4 is 5.73 Å². The topological polar surface area (TPSA) is 29.3 Å². The Hall–Kier alpha value is -2.16. The predicted molar refractivity (Wildman–Crippen MR) is 98.3 cm³/mol. The number of nitrogens with zero attached hydrogens (tertiary/aromatic N) is 1. The van der Waals surface area contributed by atoms with Crippen LogP contribution in [0.1, 0.15) is 24.1 Å². The van der Waals surface area contributed by atoms with Crippen LogP contribution in [0.25, 0.3) is 10.8 Å². The fourth-order valence-electron chi connectivity index (χ4n) is 3.27. The van der Waals surface area contributed by atoms with Gasteiger partial charge in [-0.3, -0.25) is 4.90 Å². The Balaban J connectivity index is 1.96. The van der Waals surface area contributed by atoms with Crippen molar-refractivity contribution in [2.45, 2.75) is 19.5 Å². The van der Waals surface area contributed by atoms with E-state index in [0.29, 0.717) is 6.54 Å². The number of fused-ring (bicyclic) bond motifs is 1. The minimum atomic E-state index is 0.228. The molecule has 1 atom stereocenters. The van der Waals surface area contributed by atoms with Crippen molar-refractivity contribution in [1.82, 2.24) is 4.90 Å². The fraction of sp³-hybridized carbons (Fsp3) is 0.238. The van der Waals surface area contributed by atoms with Crippen LogP contribution in [0.2, 0.25) is 0 Å². The molecule has 0 saturated heterocycles. The molecule has 0 aliphatic carbocycles. The first-order valence-corrected chi connectivity index (χ1v) is 8.29. The van der Waals surface area contributed by atoms with Gasteiger partial charge in [0, 0.05) is 19.1 Å². The van der Waals surface area contributed by atoms with E-state index in [0.717, 1.165) is 13.1 Å². The number of hydrogen-bond donors (Lipinski definition) is 1. The highest BCUT2D eigenvalue weighted by Gasteiger charge is 2.19. The summed E-state index contributed by atoms with van der Waals surface area (Å²) >= 11 is 0. The molecule has 0 fully saturated rings. The number of benzene rings is 3. The molecule has 0 bridgehead atoms. The van der Waals surface area contributed by atoms with E-state index < -0.39 is 0 Å². The molecule has 118 valence electrons. The fourth-order valence-corrected chi connectivity index (χ4v) is 3.27. The quantitative estimate of drug-likeness (QED) is 0.733. The Morgan fingerprint density at radius 1 is 0.870 bits per heavy atom. The largest absolute Gasteiger partial charge is 0.329 e. The number of likely N-dealkylation sites (N-methyl/N-ethyl adjacent to an activating group) is 1. The van der Waals surface area contributed by atoms with Gasteiger partial charge in [-0.2, -0.15) is 0 Å². The summed E-state index contributed by atoms with van der Waals surface area (Å²) in [5, 5.41) is 2.58. The van der Waals surface area contributed by atoms with Crippen molar-refractivity contribution in [2.75, 3.05) is 13.1 Å². The molecule has 2 heteroatoms. The first-order valence-electron chi connectivity index (χ1n) is 8.29. The van der Waals surface area contributed by atoms with Gasteiger partial charge >= 0.3 is 0 Å². The van der Waals surface area contributed by atoms with E-state index in [2.05, 4.69) is 84.6 Å². The Bertz CT molecular complexity index is 747. The highest BCUT2D eigenvalue weighted by atomic mass is 15.2. The summed E-state index contributed by atoms with van der Waals surface area (Å²) in [6.45, 7) is 4.72.